The molecule has 1 heterocycles. The summed E-state index contributed by atoms with van der Waals surface area (Å²) in [6.07, 6.45) is 0. The molecule has 1 aromatic heterocycles. The number of rotatable bonds is 2. The molecule has 2 N–H and O–H groups in total. The molecule has 0 unspecified atom stereocenters. The number of amides is 1. The van der Waals surface area contributed by atoms with Gasteiger partial charge in [-0.25, -0.2) is 0 Å². The van der Waals surface area contributed by atoms with Crippen molar-refractivity contribution < 1.29 is 4.79 Å². The maximum Gasteiger partial charge on any atom is 0.269 e. The Hall–Kier alpha value is -1.18. The third kappa shape index (κ3) is 4.05. The zero-order chi connectivity index (χ0) is 19.0. The lowest BCUT2D eigenvalue weighted by atomic mass is 10.1. The fourth-order valence-corrected chi connectivity index (χ4v) is 5.17. The fraction of sp³-hybridized carbons (Fsp3) is 0.111. The Balaban J connectivity index is 1.80. The number of benzene rings is 2. The topological polar surface area (TPSA) is 41.1 Å². The van der Waals surface area contributed by atoms with Crippen molar-refractivity contribution in [3.8, 4) is 0 Å². The highest BCUT2D eigenvalue weighted by molar-refractivity contribution is 9.10. The van der Waals surface area contributed by atoms with Crippen LogP contribution in [0.15, 0.2) is 34.8 Å². The Morgan fingerprint density at radius 2 is 1.81 bits per heavy atom. The fourth-order valence-electron chi connectivity index (χ4n) is 2.60. The van der Waals surface area contributed by atoms with Crippen molar-refractivity contribution in [3.05, 3.63) is 60.9 Å². The van der Waals surface area contributed by atoms with Crippen LogP contribution in [0.5, 0.6) is 0 Å². The van der Waals surface area contributed by atoms with E-state index in [9.17, 15) is 4.79 Å². The third-order valence-electron chi connectivity index (χ3n) is 3.76. The van der Waals surface area contributed by atoms with Crippen LogP contribution in [0.1, 0.15) is 20.8 Å². The summed E-state index contributed by atoms with van der Waals surface area (Å²) < 4.78 is 1.84. The minimum absolute atomic E-state index is 0.218. The van der Waals surface area contributed by atoms with E-state index in [1.165, 1.54) is 11.3 Å². The van der Waals surface area contributed by atoms with E-state index < -0.39 is 0 Å². The van der Waals surface area contributed by atoms with Crippen molar-refractivity contribution in [1.29, 1.82) is 0 Å². The first kappa shape index (κ1) is 19.6. The van der Waals surface area contributed by atoms with E-state index in [1.54, 1.807) is 18.2 Å². The van der Waals surface area contributed by atoms with E-state index in [2.05, 4.69) is 26.6 Å². The molecule has 8 heteroatoms. The predicted molar refractivity (Wildman–Crippen MR) is 119 cm³/mol. The molecule has 0 saturated carbocycles. The molecular weight excluding hydrogens is 475 g/mol. The molecule has 0 aliphatic carbocycles. The Kier molecular flexibility index (Phi) is 5.89. The third-order valence-corrected chi connectivity index (χ3v) is 6.31. The van der Waals surface area contributed by atoms with Crippen LogP contribution >= 0.6 is 62.7 Å². The Bertz CT molecular complexity index is 1030. The van der Waals surface area contributed by atoms with Crippen molar-refractivity contribution in [3.63, 3.8) is 0 Å². The van der Waals surface area contributed by atoms with Gasteiger partial charge in [0.1, 0.15) is 4.88 Å². The second-order valence-electron chi connectivity index (χ2n) is 5.71. The maximum atomic E-state index is 12.6. The molecule has 134 valence electrons. The number of carbonyl (C=O) groups is 1. The average Bonchev–Trinajstić information content (AvgIpc) is 2.87. The lowest BCUT2D eigenvalue weighted by molar-refractivity contribution is 0.0982. The van der Waals surface area contributed by atoms with Crippen LogP contribution in [0.3, 0.4) is 0 Å². The van der Waals surface area contributed by atoms with Gasteiger partial charge in [-0.1, -0.05) is 45.2 Å². The SMILES string of the molecule is Cc1cc(Br)cc(C)c1NC(=S)NC(=O)c1sc2cc(Cl)ccc2c1Cl. The molecule has 3 nitrogen and oxygen atoms in total. The van der Waals surface area contributed by atoms with Crippen molar-refractivity contribution >= 4 is 89.5 Å². The van der Waals surface area contributed by atoms with Crippen LogP contribution < -0.4 is 10.6 Å². The van der Waals surface area contributed by atoms with E-state index in [0.29, 0.717) is 14.9 Å². The number of halogens is 3. The van der Waals surface area contributed by atoms with Gasteiger partial charge >= 0.3 is 0 Å². The van der Waals surface area contributed by atoms with E-state index >= 15 is 0 Å². The second kappa shape index (κ2) is 7.82. The van der Waals surface area contributed by atoms with Gasteiger partial charge in [0.25, 0.3) is 5.91 Å². The molecule has 0 saturated heterocycles. The standard InChI is InChI=1S/C18H13BrCl2N2OS2/c1-8-5-10(19)6-9(2)15(8)22-18(25)23-17(24)16-14(21)12-4-3-11(20)7-13(12)26-16/h3-7H,1-2H3,(H2,22,23,24,25). The highest BCUT2D eigenvalue weighted by Gasteiger charge is 2.18. The van der Waals surface area contributed by atoms with Gasteiger partial charge in [0, 0.05) is 25.3 Å². The summed E-state index contributed by atoms with van der Waals surface area (Å²) in [6.45, 7) is 3.94. The summed E-state index contributed by atoms with van der Waals surface area (Å²) in [7, 11) is 0. The molecule has 26 heavy (non-hydrogen) atoms. The summed E-state index contributed by atoms with van der Waals surface area (Å²) in [4.78, 5) is 13.0. The monoisotopic (exact) mass is 486 g/mol. The molecule has 3 aromatic rings. The number of fused-ring (bicyclic) bond motifs is 1. The van der Waals surface area contributed by atoms with Gasteiger partial charge in [-0.2, -0.15) is 0 Å². The summed E-state index contributed by atoms with van der Waals surface area (Å²) in [5.74, 6) is -0.350. The largest absolute Gasteiger partial charge is 0.332 e. The lowest BCUT2D eigenvalue weighted by Crippen LogP contribution is -2.34. The molecule has 3 rings (SSSR count). The Morgan fingerprint density at radius 1 is 1.15 bits per heavy atom. The highest BCUT2D eigenvalue weighted by Crippen LogP contribution is 2.36. The minimum atomic E-state index is -0.350. The number of aryl methyl sites for hydroxylation is 2. The maximum absolute atomic E-state index is 12.6. The molecule has 0 radical (unpaired) electrons. The van der Waals surface area contributed by atoms with Gasteiger partial charge < -0.3 is 5.32 Å². The zero-order valence-corrected chi connectivity index (χ0v) is 18.5. The van der Waals surface area contributed by atoms with Crippen LogP contribution in [-0.2, 0) is 0 Å². The second-order valence-corrected chi connectivity index (χ2v) is 8.90. The van der Waals surface area contributed by atoms with Crippen molar-refractivity contribution in [2.24, 2.45) is 0 Å². The first-order valence-electron chi connectivity index (χ1n) is 7.53. The molecule has 0 bridgehead atoms. The van der Waals surface area contributed by atoms with E-state index in [1.807, 2.05) is 26.0 Å². The number of thiophene rings is 1. The van der Waals surface area contributed by atoms with E-state index in [0.717, 1.165) is 31.4 Å². The van der Waals surface area contributed by atoms with Crippen LogP contribution in [0.4, 0.5) is 5.69 Å². The number of carbonyl (C=O) groups excluding carboxylic acids is 1. The Labute approximate surface area is 178 Å². The molecule has 0 spiro atoms. The number of anilines is 1. The summed E-state index contributed by atoms with van der Waals surface area (Å²) in [5.41, 5.74) is 2.90. The average molecular weight is 488 g/mol. The molecular formula is C18H13BrCl2N2OS2. The summed E-state index contributed by atoms with van der Waals surface area (Å²) >= 11 is 22.4. The van der Waals surface area contributed by atoms with E-state index in [-0.39, 0.29) is 11.0 Å². The quantitative estimate of drug-likeness (QED) is 0.394. The Morgan fingerprint density at radius 3 is 2.46 bits per heavy atom. The lowest BCUT2D eigenvalue weighted by Gasteiger charge is -2.14. The zero-order valence-electron chi connectivity index (χ0n) is 13.7. The number of nitrogens with one attached hydrogen (secondary N) is 2. The van der Waals surface area contributed by atoms with Crippen LogP contribution in [-0.4, -0.2) is 11.0 Å². The first-order chi connectivity index (χ1) is 12.3. The van der Waals surface area contributed by atoms with Crippen LogP contribution in [0.2, 0.25) is 10.0 Å². The number of hydrogen-bond acceptors (Lipinski definition) is 3. The van der Waals surface area contributed by atoms with Crippen LogP contribution in [0.25, 0.3) is 10.1 Å². The van der Waals surface area contributed by atoms with Gasteiger partial charge in [-0.05, 0) is 61.5 Å². The molecule has 0 aliphatic rings. The van der Waals surface area contributed by atoms with Crippen LogP contribution in [0, 0.1) is 13.8 Å². The van der Waals surface area contributed by atoms with Crippen molar-refractivity contribution in [2.75, 3.05) is 5.32 Å². The molecule has 0 aliphatic heterocycles. The van der Waals surface area contributed by atoms with Gasteiger partial charge in [-0.3, -0.25) is 10.1 Å². The smallest absolute Gasteiger partial charge is 0.269 e. The van der Waals surface area contributed by atoms with Gasteiger partial charge in [0.15, 0.2) is 5.11 Å². The first-order valence-corrected chi connectivity index (χ1v) is 10.3. The van der Waals surface area contributed by atoms with Gasteiger partial charge in [-0.15, -0.1) is 11.3 Å². The molecule has 0 atom stereocenters. The van der Waals surface area contributed by atoms with E-state index in [4.69, 9.17) is 35.4 Å². The molecule has 1 amide bonds. The molecule has 2 aromatic carbocycles. The number of thiocarbonyl (C=S) groups is 1. The van der Waals surface area contributed by atoms with Gasteiger partial charge in [0.05, 0.1) is 5.02 Å². The predicted octanol–water partition coefficient (Wildman–Crippen LogP) is 6.71. The van der Waals surface area contributed by atoms with Crippen molar-refractivity contribution in [1.82, 2.24) is 5.32 Å². The van der Waals surface area contributed by atoms with Gasteiger partial charge in [0.2, 0.25) is 0 Å². The number of hydrogen-bond donors (Lipinski definition) is 2. The summed E-state index contributed by atoms with van der Waals surface area (Å²) in [6, 6.07) is 9.29. The minimum Gasteiger partial charge on any atom is -0.332 e. The molecule has 0 fully saturated rings. The highest BCUT2D eigenvalue weighted by atomic mass is 79.9. The summed E-state index contributed by atoms with van der Waals surface area (Å²) in [5, 5.41) is 7.79. The van der Waals surface area contributed by atoms with Crippen molar-refractivity contribution in [2.45, 2.75) is 13.8 Å². The normalized spacial score (nSPS) is 10.8.